The SMILES string of the molecule is Cc1c(C)c(C)c(C(O)c2c(Cl)cccc2Cl)c(C)c1C. The number of halogens is 2. The molecular formula is C18H20Cl2O. The Morgan fingerprint density at radius 1 is 0.714 bits per heavy atom. The van der Waals surface area contributed by atoms with Gasteiger partial charge in [0, 0.05) is 15.6 Å². The first-order chi connectivity index (χ1) is 9.77. The molecule has 2 aromatic rings. The Labute approximate surface area is 136 Å². The van der Waals surface area contributed by atoms with Crippen molar-refractivity contribution >= 4 is 23.2 Å². The molecule has 0 radical (unpaired) electrons. The summed E-state index contributed by atoms with van der Waals surface area (Å²) in [7, 11) is 0. The van der Waals surface area contributed by atoms with Crippen LogP contribution in [0.1, 0.15) is 45.0 Å². The molecule has 1 N–H and O–H groups in total. The zero-order chi connectivity index (χ0) is 15.9. The quantitative estimate of drug-likeness (QED) is 0.761. The maximum Gasteiger partial charge on any atom is 0.107 e. The van der Waals surface area contributed by atoms with E-state index in [9.17, 15) is 5.11 Å². The highest BCUT2D eigenvalue weighted by Crippen LogP contribution is 2.38. The maximum atomic E-state index is 10.9. The molecule has 0 heterocycles. The number of aliphatic hydroxyl groups excluding tert-OH is 1. The van der Waals surface area contributed by atoms with Gasteiger partial charge in [-0.3, -0.25) is 0 Å². The molecule has 0 bridgehead atoms. The van der Waals surface area contributed by atoms with Crippen LogP contribution in [0.4, 0.5) is 0 Å². The summed E-state index contributed by atoms with van der Waals surface area (Å²) < 4.78 is 0. The smallest absolute Gasteiger partial charge is 0.107 e. The minimum Gasteiger partial charge on any atom is -0.384 e. The van der Waals surface area contributed by atoms with Crippen LogP contribution in [-0.4, -0.2) is 5.11 Å². The van der Waals surface area contributed by atoms with Gasteiger partial charge < -0.3 is 5.11 Å². The van der Waals surface area contributed by atoms with Gasteiger partial charge >= 0.3 is 0 Å². The zero-order valence-corrected chi connectivity index (χ0v) is 14.5. The molecule has 21 heavy (non-hydrogen) atoms. The van der Waals surface area contributed by atoms with Gasteiger partial charge in [0.15, 0.2) is 0 Å². The summed E-state index contributed by atoms with van der Waals surface area (Å²) in [5.41, 5.74) is 7.36. The molecular weight excluding hydrogens is 303 g/mol. The van der Waals surface area contributed by atoms with E-state index in [0.717, 1.165) is 16.7 Å². The molecule has 3 heteroatoms. The lowest BCUT2D eigenvalue weighted by molar-refractivity contribution is 0.219. The second kappa shape index (κ2) is 6.00. The van der Waals surface area contributed by atoms with E-state index in [1.807, 2.05) is 13.8 Å². The second-order valence-corrected chi connectivity index (χ2v) is 6.39. The van der Waals surface area contributed by atoms with Crippen molar-refractivity contribution in [1.82, 2.24) is 0 Å². The second-order valence-electron chi connectivity index (χ2n) is 5.58. The lowest BCUT2D eigenvalue weighted by Gasteiger charge is -2.24. The molecule has 1 atom stereocenters. The number of hydrogen-bond donors (Lipinski definition) is 1. The van der Waals surface area contributed by atoms with Gasteiger partial charge in [0.2, 0.25) is 0 Å². The number of hydrogen-bond acceptors (Lipinski definition) is 1. The third-order valence-electron chi connectivity index (χ3n) is 4.60. The van der Waals surface area contributed by atoms with Crippen LogP contribution in [0.15, 0.2) is 18.2 Å². The van der Waals surface area contributed by atoms with Gasteiger partial charge in [-0.15, -0.1) is 0 Å². The molecule has 2 rings (SSSR count). The van der Waals surface area contributed by atoms with E-state index in [1.165, 1.54) is 16.7 Å². The predicted molar refractivity (Wildman–Crippen MR) is 90.7 cm³/mol. The molecule has 0 aliphatic heterocycles. The fourth-order valence-corrected chi connectivity index (χ4v) is 3.46. The lowest BCUT2D eigenvalue weighted by Crippen LogP contribution is -2.10. The van der Waals surface area contributed by atoms with Gasteiger partial charge in [-0.2, -0.15) is 0 Å². The Kier molecular flexibility index (Phi) is 4.67. The summed E-state index contributed by atoms with van der Waals surface area (Å²) in [6.45, 7) is 10.4. The fourth-order valence-electron chi connectivity index (χ4n) is 2.86. The summed E-state index contributed by atoms with van der Waals surface area (Å²) in [6, 6.07) is 5.29. The van der Waals surface area contributed by atoms with Crippen molar-refractivity contribution in [2.24, 2.45) is 0 Å². The van der Waals surface area contributed by atoms with E-state index < -0.39 is 6.10 Å². The molecule has 112 valence electrons. The third kappa shape index (κ3) is 2.70. The zero-order valence-electron chi connectivity index (χ0n) is 13.0. The Hall–Kier alpha value is -1.02. The van der Waals surface area contributed by atoms with Crippen molar-refractivity contribution in [3.8, 4) is 0 Å². The first kappa shape index (κ1) is 16.4. The first-order valence-electron chi connectivity index (χ1n) is 6.96. The van der Waals surface area contributed by atoms with Crippen LogP contribution in [0.25, 0.3) is 0 Å². The molecule has 0 saturated carbocycles. The molecule has 0 aliphatic carbocycles. The predicted octanol–water partition coefficient (Wildman–Crippen LogP) is 5.62. The highest BCUT2D eigenvalue weighted by Gasteiger charge is 2.23. The van der Waals surface area contributed by atoms with E-state index in [-0.39, 0.29) is 0 Å². The topological polar surface area (TPSA) is 20.2 Å². The number of rotatable bonds is 2. The summed E-state index contributed by atoms with van der Waals surface area (Å²) in [4.78, 5) is 0. The Morgan fingerprint density at radius 2 is 1.10 bits per heavy atom. The van der Waals surface area contributed by atoms with Crippen molar-refractivity contribution in [1.29, 1.82) is 0 Å². The van der Waals surface area contributed by atoms with Gasteiger partial charge in [0.05, 0.1) is 0 Å². The lowest BCUT2D eigenvalue weighted by atomic mass is 9.85. The van der Waals surface area contributed by atoms with E-state index in [2.05, 4.69) is 20.8 Å². The van der Waals surface area contributed by atoms with Gasteiger partial charge in [0.25, 0.3) is 0 Å². The number of benzene rings is 2. The molecule has 0 fully saturated rings. The molecule has 0 aliphatic rings. The van der Waals surface area contributed by atoms with Gasteiger partial charge in [-0.25, -0.2) is 0 Å². The van der Waals surface area contributed by atoms with Crippen molar-refractivity contribution in [2.45, 2.75) is 40.7 Å². The summed E-state index contributed by atoms with van der Waals surface area (Å²) in [6.07, 6.45) is -0.816. The third-order valence-corrected chi connectivity index (χ3v) is 5.26. The standard InChI is InChI=1S/C18H20Cl2O/c1-9-10(2)12(4)16(13(5)11(9)3)18(21)17-14(19)7-6-8-15(17)20/h6-8,18,21H,1-5H3. The van der Waals surface area contributed by atoms with Crippen molar-refractivity contribution in [3.05, 3.63) is 67.2 Å². The van der Waals surface area contributed by atoms with Crippen molar-refractivity contribution < 1.29 is 5.11 Å². The van der Waals surface area contributed by atoms with Crippen LogP contribution < -0.4 is 0 Å². The minimum absolute atomic E-state index is 0.490. The summed E-state index contributed by atoms with van der Waals surface area (Å²) in [5.74, 6) is 0. The van der Waals surface area contributed by atoms with E-state index in [0.29, 0.717) is 15.6 Å². The average molecular weight is 323 g/mol. The molecule has 1 unspecified atom stereocenters. The summed E-state index contributed by atoms with van der Waals surface area (Å²) >= 11 is 12.5. The molecule has 0 saturated heterocycles. The van der Waals surface area contributed by atoms with E-state index in [1.54, 1.807) is 18.2 Å². The van der Waals surface area contributed by atoms with Crippen molar-refractivity contribution in [2.75, 3.05) is 0 Å². The molecule has 2 aromatic carbocycles. The Bertz CT molecular complexity index is 656. The Morgan fingerprint density at radius 3 is 1.52 bits per heavy atom. The van der Waals surface area contributed by atoms with Gasteiger partial charge in [-0.1, -0.05) is 29.3 Å². The monoisotopic (exact) mass is 322 g/mol. The van der Waals surface area contributed by atoms with E-state index in [4.69, 9.17) is 23.2 Å². The highest BCUT2D eigenvalue weighted by atomic mass is 35.5. The molecule has 1 nitrogen and oxygen atoms in total. The Balaban J connectivity index is 2.73. The normalized spacial score (nSPS) is 12.6. The largest absolute Gasteiger partial charge is 0.384 e. The fraction of sp³-hybridized carbons (Fsp3) is 0.333. The van der Waals surface area contributed by atoms with E-state index >= 15 is 0 Å². The van der Waals surface area contributed by atoms with Crippen molar-refractivity contribution in [3.63, 3.8) is 0 Å². The van der Waals surface area contributed by atoms with Crippen LogP contribution >= 0.6 is 23.2 Å². The van der Waals surface area contributed by atoms with Gasteiger partial charge in [0.1, 0.15) is 6.10 Å². The molecule has 0 spiro atoms. The molecule has 0 amide bonds. The van der Waals surface area contributed by atoms with Gasteiger partial charge in [-0.05, 0) is 80.1 Å². The maximum absolute atomic E-state index is 10.9. The highest BCUT2D eigenvalue weighted by molar-refractivity contribution is 6.36. The summed E-state index contributed by atoms with van der Waals surface area (Å²) in [5, 5.41) is 11.9. The average Bonchev–Trinajstić information content (AvgIpc) is 2.43. The van der Waals surface area contributed by atoms with Crippen LogP contribution in [0.3, 0.4) is 0 Å². The minimum atomic E-state index is -0.816. The molecule has 0 aromatic heterocycles. The number of aliphatic hydroxyl groups is 1. The first-order valence-corrected chi connectivity index (χ1v) is 7.71. The van der Waals surface area contributed by atoms with Crippen LogP contribution in [-0.2, 0) is 0 Å². The van der Waals surface area contributed by atoms with Crippen LogP contribution in [0, 0.1) is 34.6 Å². The van der Waals surface area contributed by atoms with Crippen LogP contribution in [0.2, 0.25) is 10.0 Å². The van der Waals surface area contributed by atoms with Crippen LogP contribution in [0.5, 0.6) is 0 Å².